The smallest absolute Gasteiger partial charge is 0.416 e. The van der Waals surface area contributed by atoms with Crippen molar-refractivity contribution < 1.29 is 37.4 Å². The predicted molar refractivity (Wildman–Crippen MR) is 181 cm³/mol. The third-order valence-electron chi connectivity index (χ3n) is 8.50. The molecule has 10 heteroatoms. The number of amides is 2. The molecular weight excluding hydrogens is 633 g/mol. The largest absolute Gasteiger partial charge is 0.480 e. The summed E-state index contributed by atoms with van der Waals surface area (Å²) >= 11 is 0. The maximum absolute atomic E-state index is 14.2. The maximum atomic E-state index is 14.2. The minimum absolute atomic E-state index is 0.0267. The second-order valence-corrected chi connectivity index (χ2v) is 13.2. The van der Waals surface area contributed by atoms with E-state index in [-0.39, 0.29) is 18.5 Å². The first-order valence-electron chi connectivity index (χ1n) is 16.1. The Balaban J connectivity index is 1.43. The quantitative estimate of drug-likeness (QED) is 0.193. The second-order valence-electron chi connectivity index (χ2n) is 13.2. The highest BCUT2D eigenvalue weighted by Crippen LogP contribution is 2.31. The van der Waals surface area contributed by atoms with Crippen molar-refractivity contribution >= 4 is 18.0 Å². The molecule has 256 valence electrons. The molecule has 2 atom stereocenters. The molecule has 1 N–H and O–H groups in total. The van der Waals surface area contributed by atoms with Crippen molar-refractivity contribution in [2.75, 3.05) is 13.1 Å². The number of halogens is 3. The number of carboxylic acid groups (broad SMARTS) is 1. The van der Waals surface area contributed by atoms with Crippen LogP contribution in [-0.4, -0.2) is 63.7 Å². The first-order valence-corrected chi connectivity index (χ1v) is 16.1. The van der Waals surface area contributed by atoms with Crippen LogP contribution in [0.1, 0.15) is 55.1 Å². The SMILES string of the molecule is CC(C)(C)OC(=O)N1CCCC1CN(C(=O)c1ccc(-c2ccc(C(F)(F)F)cc2)cc1)C(Cc1ccc(-c2ccccc2)cc1)C(=O)O. The summed E-state index contributed by atoms with van der Waals surface area (Å²) in [5.41, 5.74) is 2.55. The Morgan fingerprint density at radius 1 is 0.816 bits per heavy atom. The Bertz CT molecular complexity index is 1750. The lowest BCUT2D eigenvalue weighted by molar-refractivity contribution is -0.142. The second kappa shape index (κ2) is 14.6. The molecule has 49 heavy (non-hydrogen) atoms. The monoisotopic (exact) mass is 672 g/mol. The molecule has 2 amide bonds. The van der Waals surface area contributed by atoms with Gasteiger partial charge >= 0.3 is 18.2 Å². The van der Waals surface area contributed by atoms with Crippen LogP contribution < -0.4 is 0 Å². The van der Waals surface area contributed by atoms with E-state index in [1.54, 1.807) is 37.8 Å². The molecule has 4 aromatic carbocycles. The van der Waals surface area contributed by atoms with Gasteiger partial charge in [-0.3, -0.25) is 4.79 Å². The average Bonchev–Trinajstić information content (AvgIpc) is 3.54. The summed E-state index contributed by atoms with van der Waals surface area (Å²) in [6.07, 6.45) is -3.72. The van der Waals surface area contributed by atoms with Gasteiger partial charge in [-0.25, -0.2) is 9.59 Å². The van der Waals surface area contributed by atoms with Crippen LogP contribution in [-0.2, 0) is 22.1 Å². The minimum atomic E-state index is -4.46. The van der Waals surface area contributed by atoms with E-state index in [1.807, 2.05) is 54.6 Å². The molecular formula is C39H39F3N2O5. The van der Waals surface area contributed by atoms with Gasteiger partial charge in [0.1, 0.15) is 11.6 Å². The minimum Gasteiger partial charge on any atom is -0.480 e. The van der Waals surface area contributed by atoms with Crippen molar-refractivity contribution in [2.45, 2.75) is 63.9 Å². The fraction of sp³-hybridized carbons (Fsp3) is 0.308. The number of rotatable bonds is 9. The molecule has 0 bridgehead atoms. The van der Waals surface area contributed by atoms with Crippen molar-refractivity contribution in [3.63, 3.8) is 0 Å². The zero-order valence-electron chi connectivity index (χ0n) is 27.6. The summed E-state index contributed by atoms with van der Waals surface area (Å²) in [6, 6.07) is 26.6. The van der Waals surface area contributed by atoms with Gasteiger partial charge in [-0.05, 0) is 85.7 Å². The van der Waals surface area contributed by atoms with Gasteiger partial charge < -0.3 is 19.6 Å². The number of ether oxygens (including phenoxy) is 1. The van der Waals surface area contributed by atoms with Crippen molar-refractivity contribution in [3.8, 4) is 22.3 Å². The molecule has 1 saturated heterocycles. The van der Waals surface area contributed by atoms with Gasteiger partial charge in [-0.2, -0.15) is 13.2 Å². The summed E-state index contributed by atoms with van der Waals surface area (Å²) in [4.78, 5) is 43.1. The summed E-state index contributed by atoms with van der Waals surface area (Å²) in [7, 11) is 0. The number of benzene rings is 4. The van der Waals surface area contributed by atoms with Crippen LogP contribution in [0, 0.1) is 0 Å². The van der Waals surface area contributed by atoms with Crippen LogP contribution in [0.4, 0.5) is 18.0 Å². The fourth-order valence-electron chi connectivity index (χ4n) is 6.01. The molecule has 0 aromatic heterocycles. The van der Waals surface area contributed by atoms with Crippen molar-refractivity contribution in [1.82, 2.24) is 9.80 Å². The van der Waals surface area contributed by atoms with Gasteiger partial charge in [0.15, 0.2) is 0 Å². The number of carbonyl (C=O) groups is 3. The van der Waals surface area contributed by atoms with E-state index >= 15 is 0 Å². The lowest BCUT2D eigenvalue weighted by atomic mass is 9.98. The molecule has 0 saturated carbocycles. The van der Waals surface area contributed by atoms with Crippen LogP contribution >= 0.6 is 0 Å². The highest BCUT2D eigenvalue weighted by Gasteiger charge is 2.38. The number of nitrogens with zero attached hydrogens (tertiary/aromatic N) is 2. The molecule has 7 nitrogen and oxygen atoms in total. The van der Waals surface area contributed by atoms with Crippen LogP contribution in [0.25, 0.3) is 22.3 Å². The fourth-order valence-corrected chi connectivity index (χ4v) is 6.01. The van der Waals surface area contributed by atoms with E-state index in [2.05, 4.69) is 0 Å². The third-order valence-corrected chi connectivity index (χ3v) is 8.50. The Labute approximate surface area is 283 Å². The van der Waals surface area contributed by atoms with Gasteiger partial charge in [0.25, 0.3) is 5.91 Å². The topological polar surface area (TPSA) is 87.2 Å². The average molecular weight is 673 g/mol. The Morgan fingerprint density at radius 2 is 1.35 bits per heavy atom. The highest BCUT2D eigenvalue weighted by molar-refractivity contribution is 5.97. The van der Waals surface area contributed by atoms with E-state index in [0.717, 1.165) is 28.8 Å². The number of hydrogen-bond acceptors (Lipinski definition) is 4. The van der Waals surface area contributed by atoms with Crippen LogP contribution in [0.5, 0.6) is 0 Å². The van der Waals surface area contributed by atoms with Crippen LogP contribution in [0.3, 0.4) is 0 Å². The zero-order valence-corrected chi connectivity index (χ0v) is 27.6. The van der Waals surface area contributed by atoms with Crippen molar-refractivity contribution in [2.24, 2.45) is 0 Å². The van der Waals surface area contributed by atoms with Crippen molar-refractivity contribution in [1.29, 1.82) is 0 Å². The van der Waals surface area contributed by atoms with Gasteiger partial charge in [-0.1, -0.05) is 78.9 Å². The van der Waals surface area contributed by atoms with E-state index < -0.39 is 47.4 Å². The number of alkyl halides is 3. The molecule has 4 aromatic rings. The molecule has 0 aliphatic carbocycles. The zero-order chi connectivity index (χ0) is 35.3. The predicted octanol–water partition coefficient (Wildman–Crippen LogP) is 8.58. The normalized spacial score (nSPS) is 15.5. The lowest BCUT2D eigenvalue weighted by Crippen LogP contribution is -2.53. The molecule has 0 radical (unpaired) electrons. The summed E-state index contributed by atoms with van der Waals surface area (Å²) in [6.45, 7) is 5.69. The van der Waals surface area contributed by atoms with E-state index in [1.165, 1.54) is 29.2 Å². The Morgan fingerprint density at radius 3 is 1.88 bits per heavy atom. The third kappa shape index (κ3) is 8.87. The summed E-state index contributed by atoms with van der Waals surface area (Å²) in [5, 5.41) is 10.5. The molecule has 1 fully saturated rings. The Hall–Kier alpha value is -5.12. The maximum Gasteiger partial charge on any atom is 0.416 e. The molecule has 2 unspecified atom stereocenters. The van der Waals surface area contributed by atoms with E-state index in [4.69, 9.17) is 4.74 Å². The molecule has 1 aliphatic rings. The van der Waals surface area contributed by atoms with Gasteiger partial charge in [-0.15, -0.1) is 0 Å². The van der Waals surface area contributed by atoms with Gasteiger partial charge in [0.2, 0.25) is 0 Å². The lowest BCUT2D eigenvalue weighted by Gasteiger charge is -2.35. The highest BCUT2D eigenvalue weighted by atomic mass is 19.4. The van der Waals surface area contributed by atoms with Crippen molar-refractivity contribution in [3.05, 3.63) is 120 Å². The first kappa shape index (κ1) is 35.2. The molecule has 1 heterocycles. The number of carboxylic acids is 1. The molecule has 5 rings (SSSR count). The van der Waals surface area contributed by atoms with Crippen LogP contribution in [0.2, 0.25) is 0 Å². The number of likely N-dealkylation sites (tertiary alicyclic amines) is 1. The summed E-state index contributed by atoms with van der Waals surface area (Å²) < 4.78 is 44.8. The van der Waals surface area contributed by atoms with Gasteiger partial charge in [0.05, 0.1) is 11.6 Å². The van der Waals surface area contributed by atoms with Gasteiger partial charge in [0, 0.05) is 25.1 Å². The van der Waals surface area contributed by atoms with Crippen LogP contribution in [0.15, 0.2) is 103 Å². The standard InChI is InChI=1S/C39H39F3N2O5/c1-38(2,3)49-37(48)43-23-7-10-33(43)25-44(34(36(46)47)24-26-11-13-28(14-12-26)27-8-5-4-6-9-27)35(45)31-17-15-29(16-18-31)30-19-21-32(22-20-30)39(40,41)42/h4-6,8-9,11-22,33-34H,7,10,23-25H2,1-3H3,(H,46,47). The number of hydrogen-bond donors (Lipinski definition) is 1. The first-order chi connectivity index (χ1) is 23.2. The number of carbonyl (C=O) groups excluding carboxylic acids is 2. The Kier molecular flexibility index (Phi) is 10.5. The summed E-state index contributed by atoms with van der Waals surface area (Å²) in [5.74, 6) is -1.73. The molecule has 1 aliphatic heterocycles. The molecule has 0 spiro atoms. The van der Waals surface area contributed by atoms with E-state index in [9.17, 15) is 32.7 Å². The van der Waals surface area contributed by atoms with E-state index in [0.29, 0.717) is 30.5 Å². The number of aliphatic carboxylic acids is 1.